The lowest BCUT2D eigenvalue weighted by Gasteiger charge is -2.53. The third-order valence-electron chi connectivity index (χ3n) is 21.4. The molecule has 3 saturated heterocycles. The van der Waals surface area contributed by atoms with Crippen molar-refractivity contribution in [2.45, 2.75) is 250 Å². The lowest BCUT2D eigenvalue weighted by atomic mass is 9.61. The van der Waals surface area contributed by atoms with Gasteiger partial charge in [-0.3, -0.25) is 4.90 Å². The molecule has 3 aliphatic heterocycles. The van der Waals surface area contributed by atoms with E-state index in [1.165, 1.54) is 109 Å². The van der Waals surface area contributed by atoms with Gasteiger partial charge < -0.3 is 4.74 Å². The summed E-state index contributed by atoms with van der Waals surface area (Å²) >= 11 is 5.18. The highest BCUT2D eigenvalue weighted by atomic mass is 32.2. The number of hydrogen-bond acceptors (Lipinski definition) is 4. The molecule has 0 N–H and O–H groups in total. The molecule has 314 valence electrons. The number of thioether (sulfide) groups is 2. The van der Waals surface area contributed by atoms with Crippen molar-refractivity contribution in [1.82, 2.24) is 4.90 Å². The minimum absolute atomic E-state index is 0.589. The van der Waals surface area contributed by atoms with Crippen molar-refractivity contribution >= 4 is 23.5 Å². The van der Waals surface area contributed by atoms with Gasteiger partial charge in [0.1, 0.15) is 0 Å². The molecule has 0 bridgehead atoms. The molecule has 12 rings (SSSR count). The van der Waals surface area contributed by atoms with E-state index in [-0.39, 0.29) is 0 Å². The highest BCUT2D eigenvalue weighted by Crippen LogP contribution is 2.66. The van der Waals surface area contributed by atoms with Crippen molar-refractivity contribution in [3.63, 3.8) is 0 Å². The monoisotopic (exact) mass is 802 g/mol. The van der Waals surface area contributed by atoms with E-state index in [0.717, 1.165) is 110 Å². The first-order valence-electron chi connectivity index (χ1n) is 26.5. The van der Waals surface area contributed by atoms with Gasteiger partial charge in [-0.15, -0.1) is 0 Å². The van der Waals surface area contributed by atoms with Gasteiger partial charge in [-0.25, -0.2) is 0 Å². The first kappa shape index (κ1) is 38.3. The van der Waals surface area contributed by atoms with Gasteiger partial charge in [0.25, 0.3) is 0 Å². The quantitative estimate of drug-likeness (QED) is 0.274. The maximum absolute atomic E-state index is 7.39. The van der Waals surface area contributed by atoms with E-state index in [4.69, 9.17) is 4.74 Å². The van der Waals surface area contributed by atoms with E-state index in [1.807, 2.05) is 0 Å². The fourth-order valence-electron chi connectivity index (χ4n) is 19.2. The van der Waals surface area contributed by atoms with Gasteiger partial charge in [-0.2, -0.15) is 23.5 Å². The fraction of sp³-hybridized carbons (Fsp3) is 1.00. The van der Waals surface area contributed by atoms with Gasteiger partial charge in [-0.05, 0) is 194 Å². The summed E-state index contributed by atoms with van der Waals surface area (Å²) in [4.78, 5) is 3.42. The standard InChI is InChI=1S/C52H83NOS2/c1-2-10-32(11-3-1)33-20-25-36(26-21-33)53(44-17-9-18-45-48(44)43-29-24-34-12-4-5-13-38(34)50(43)54-45)37-27-22-35(23-28-37)39-15-8-16-40-41-30-31-47-49(52(41)56-51(39)40)42-14-6-7-19-46(42)55-47/h32-52H,1-31H2. The highest BCUT2D eigenvalue weighted by Gasteiger charge is 2.60. The Kier molecular flexibility index (Phi) is 11.2. The molecule has 16 atom stereocenters. The van der Waals surface area contributed by atoms with E-state index >= 15 is 0 Å². The molecule has 12 aliphatic rings. The predicted molar refractivity (Wildman–Crippen MR) is 237 cm³/mol. The van der Waals surface area contributed by atoms with Gasteiger partial charge in [0, 0.05) is 45.0 Å². The molecule has 4 heteroatoms. The molecule has 56 heavy (non-hydrogen) atoms. The van der Waals surface area contributed by atoms with Crippen molar-refractivity contribution in [2.24, 2.45) is 71.0 Å². The molecule has 12 fully saturated rings. The molecule has 2 nitrogen and oxygen atoms in total. The Morgan fingerprint density at radius 1 is 0.339 bits per heavy atom. The smallest absolute Gasteiger partial charge is 0.0642 e. The van der Waals surface area contributed by atoms with Crippen molar-refractivity contribution in [3.8, 4) is 0 Å². The summed E-state index contributed by atoms with van der Waals surface area (Å²) in [6.45, 7) is 0. The van der Waals surface area contributed by atoms with E-state index in [0.29, 0.717) is 12.2 Å². The van der Waals surface area contributed by atoms with Crippen molar-refractivity contribution in [2.75, 3.05) is 0 Å². The molecule has 0 aromatic rings. The lowest BCUT2D eigenvalue weighted by Crippen LogP contribution is -2.58. The first-order chi connectivity index (χ1) is 27.8. The molecule has 0 amide bonds. The van der Waals surface area contributed by atoms with Crippen LogP contribution in [-0.2, 0) is 4.74 Å². The summed E-state index contributed by atoms with van der Waals surface area (Å²) < 4.78 is 7.39. The first-order valence-corrected chi connectivity index (χ1v) is 28.4. The summed E-state index contributed by atoms with van der Waals surface area (Å²) in [5, 5.41) is 4.15. The second kappa shape index (κ2) is 16.4. The van der Waals surface area contributed by atoms with Crippen LogP contribution in [0.25, 0.3) is 0 Å². The van der Waals surface area contributed by atoms with Gasteiger partial charge in [-0.1, -0.05) is 70.6 Å². The van der Waals surface area contributed by atoms with Crippen LogP contribution in [0.5, 0.6) is 0 Å². The minimum Gasteiger partial charge on any atom is -0.374 e. The van der Waals surface area contributed by atoms with Crippen LogP contribution in [0.3, 0.4) is 0 Å². The summed E-state index contributed by atoms with van der Waals surface area (Å²) in [7, 11) is 0. The molecule has 0 radical (unpaired) electrons. The average molecular weight is 802 g/mol. The predicted octanol–water partition coefficient (Wildman–Crippen LogP) is 13.7. The molecule has 0 aromatic heterocycles. The minimum atomic E-state index is 0.589. The van der Waals surface area contributed by atoms with Crippen LogP contribution < -0.4 is 0 Å². The fourth-order valence-corrected chi connectivity index (χ4v) is 24.0. The second-order valence-electron chi connectivity index (χ2n) is 23.5. The Bertz CT molecular complexity index is 1330. The number of nitrogens with zero attached hydrogens (tertiary/aromatic N) is 1. The topological polar surface area (TPSA) is 12.5 Å². The zero-order chi connectivity index (χ0) is 36.7. The summed E-state index contributed by atoms with van der Waals surface area (Å²) in [6.07, 6.45) is 48.8. The van der Waals surface area contributed by atoms with Crippen LogP contribution in [0.1, 0.15) is 199 Å². The molecular formula is C52H83NOS2. The maximum atomic E-state index is 7.39. The molecule has 9 saturated carbocycles. The van der Waals surface area contributed by atoms with E-state index in [1.54, 1.807) is 89.9 Å². The van der Waals surface area contributed by atoms with Gasteiger partial charge in [0.05, 0.1) is 12.2 Å². The molecule has 9 aliphatic carbocycles. The number of ether oxygens (including phenoxy) is 1. The van der Waals surface area contributed by atoms with Crippen molar-refractivity contribution < 1.29 is 4.74 Å². The molecular weight excluding hydrogens is 719 g/mol. The average Bonchev–Trinajstić information content (AvgIpc) is 3.96. The van der Waals surface area contributed by atoms with Crippen LogP contribution in [0.4, 0.5) is 0 Å². The van der Waals surface area contributed by atoms with Crippen LogP contribution in [0, 0.1) is 71.0 Å². The largest absolute Gasteiger partial charge is 0.374 e. The third kappa shape index (κ3) is 6.74. The highest BCUT2D eigenvalue weighted by molar-refractivity contribution is 8.02. The molecule has 0 aromatic carbocycles. The van der Waals surface area contributed by atoms with Crippen LogP contribution >= 0.6 is 23.5 Å². The zero-order valence-electron chi connectivity index (χ0n) is 35.7. The number of hydrogen-bond donors (Lipinski definition) is 0. The summed E-state index contributed by atoms with van der Waals surface area (Å²) in [5.41, 5.74) is 0. The zero-order valence-corrected chi connectivity index (χ0v) is 37.3. The third-order valence-corrected chi connectivity index (χ3v) is 25.2. The number of rotatable bonds is 5. The SMILES string of the molecule is C1CCC(C2CCC(N(C3CCC(C4CCCC5C6CCC7SC8CCCCC8C7C6SC45)CC3)C3CCCC4OC5C6CCCCC6CCC5C43)CC2)CC1. The Labute approximate surface area is 352 Å². The van der Waals surface area contributed by atoms with Crippen LogP contribution in [0.15, 0.2) is 0 Å². The lowest BCUT2D eigenvalue weighted by molar-refractivity contribution is -0.0648. The molecule has 3 heterocycles. The van der Waals surface area contributed by atoms with Crippen LogP contribution in [0.2, 0.25) is 0 Å². The summed E-state index contributed by atoms with van der Waals surface area (Å²) in [5.74, 6) is 12.2. The second-order valence-corrected chi connectivity index (χ2v) is 26.3. The van der Waals surface area contributed by atoms with Crippen molar-refractivity contribution in [1.29, 1.82) is 0 Å². The Hall–Kier alpha value is 0.620. The molecule has 16 unspecified atom stereocenters. The van der Waals surface area contributed by atoms with E-state index in [2.05, 4.69) is 28.4 Å². The van der Waals surface area contributed by atoms with Crippen LogP contribution in [-0.4, -0.2) is 56.2 Å². The van der Waals surface area contributed by atoms with Crippen molar-refractivity contribution in [3.05, 3.63) is 0 Å². The Morgan fingerprint density at radius 3 is 1.77 bits per heavy atom. The normalized spacial score (nSPS) is 54.6. The summed E-state index contributed by atoms with van der Waals surface area (Å²) in [6, 6.07) is 2.57. The molecule has 0 spiro atoms. The van der Waals surface area contributed by atoms with Gasteiger partial charge >= 0.3 is 0 Å². The Balaban J connectivity index is 0.767. The van der Waals surface area contributed by atoms with Gasteiger partial charge in [0.15, 0.2) is 0 Å². The van der Waals surface area contributed by atoms with Gasteiger partial charge in [0.2, 0.25) is 0 Å². The van der Waals surface area contributed by atoms with E-state index < -0.39 is 0 Å². The number of fused-ring (bicyclic) bond motifs is 12. The maximum Gasteiger partial charge on any atom is 0.0642 e. The Morgan fingerprint density at radius 2 is 0.929 bits per heavy atom. The van der Waals surface area contributed by atoms with E-state index in [9.17, 15) is 0 Å².